The number of carbonyl (C=O) groups is 2. The molecule has 0 spiro atoms. The van der Waals surface area contributed by atoms with Crippen molar-refractivity contribution in [1.82, 2.24) is 10.2 Å². The van der Waals surface area contributed by atoms with Gasteiger partial charge in [-0.05, 0) is 67.1 Å². The second-order valence-electron chi connectivity index (χ2n) is 10.8. The van der Waals surface area contributed by atoms with E-state index in [0.29, 0.717) is 28.7 Å². The first kappa shape index (κ1) is 34.4. The molecule has 7 nitrogen and oxygen atoms in total. The lowest BCUT2D eigenvalue weighted by Crippen LogP contribution is -2.50. The Bertz CT molecular complexity index is 1500. The number of anilines is 1. The minimum atomic E-state index is -3.60. The molecule has 0 heterocycles. The van der Waals surface area contributed by atoms with Crippen LogP contribution in [0.25, 0.3) is 0 Å². The Kier molecular flexibility index (Phi) is 12.9. The largest absolute Gasteiger partial charge is 0.354 e. The Balaban J connectivity index is 1.91. The van der Waals surface area contributed by atoms with Gasteiger partial charge in [-0.3, -0.25) is 13.9 Å². The highest BCUT2D eigenvalue weighted by Gasteiger charge is 2.30. The third-order valence-corrected chi connectivity index (χ3v) is 9.35. The standard InChI is InChI=1S/C33H41Cl2N3O4S/c1-5-6-19-36-33(40)31(22-26-13-8-7-9-14-26)37(23-27-17-18-28(34)29(35)21-27)32(39)16-11-20-38(43(4,41)42)30-15-10-12-24(2)25(30)3/h7-10,12-15,17-18,21,31H,5-6,11,16,19-20,22-23H2,1-4H3,(H,36,40). The topological polar surface area (TPSA) is 86.8 Å². The molecule has 3 aromatic rings. The highest BCUT2D eigenvalue weighted by molar-refractivity contribution is 7.92. The van der Waals surface area contributed by atoms with E-state index in [1.165, 1.54) is 10.6 Å². The summed E-state index contributed by atoms with van der Waals surface area (Å²) in [5, 5.41) is 3.76. The zero-order chi connectivity index (χ0) is 31.6. The number of hydrogen-bond acceptors (Lipinski definition) is 4. The summed E-state index contributed by atoms with van der Waals surface area (Å²) in [7, 11) is -3.60. The molecule has 0 radical (unpaired) electrons. The average Bonchev–Trinajstić information content (AvgIpc) is 2.96. The molecule has 0 bridgehead atoms. The van der Waals surface area contributed by atoms with Gasteiger partial charge in [0.2, 0.25) is 21.8 Å². The van der Waals surface area contributed by atoms with Crippen molar-refractivity contribution in [2.45, 2.75) is 65.5 Å². The van der Waals surface area contributed by atoms with Gasteiger partial charge in [-0.15, -0.1) is 0 Å². The number of amides is 2. The molecule has 0 aliphatic carbocycles. The summed E-state index contributed by atoms with van der Waals surface area (Å²) in [5.74, 6) is -0.495. The van der Waals surface area contributed by atoms with Gasteiger partial charge in [-0.2, -0.15) is 0 Å². The number of rotatable bonds is 15. The monoisotopic (exact) mass is 645 g/mol. The number of carbonyl (C=O) groups excluding carboxylic acids is 2. The molecular weight excluding hydrogens is 605 g/mol. The molecule has 0 saturated carbocycles. The first-order valence-electron chi connectivity index (χ1n) is 14.5. The molecule has 10 heteroatoms. The van der Waals surface area contributed by atoms with E-state index in [1.807, 2.05) is 63.2 Å². The minimum absolute atomic E-state index is 0.0474. The Hall–Kier alpha value is -3.07. The molecule has 1 N–H and O–H groups in total. The lowest BCUT2D eigenvalue weighted by molar-refractivity contribution is -0.141. The molecule has 0 saturated heterocycles. The molecule has 1 atom stereocenters. The summed E-state index contributed by atoms with van der Waals surface area (Å²) in [4.78, 5) is 29.2. The third kappa shape index (κ3) is 9.98. The van der Waals surface area contributed by atoms with Gasteiger partial charge < -0.3 is 10.2 Å². The van der Waals surface area contributed by atoms with Gasteiger partial charge in [-0.1, -0.05) is 85.1 Å². The summed E-state index contributed by atoms with van der Waals surface area (Å²) in [5.41, 5.74) is 4.10. The maximum absolute atomic E-state index is 14.0. The van der Waals surface area contributed by atoms with E-state index in [1.54, 1.807) is 29.2 Å². The first-order chi connectivity index (χ1) is 20.4. The second kappa shape index (κ2) is 16.1. The molecule has 43 heavy (non-hydrogen) atoms. The van der Waals surface area contributed by atoms with Crippen LogP contribution in [0.2, 0.25) is 10.0 Å². The van der Waals surface area contributed by atoms with E-state index in [-0.39, 0.29) is 37.7 Å². The molecule has 232 valence electrons. The lowest BCUT2D eigenvalue weighted by atomic mass is 10.0. The van der Waals surface area contributed by atoms with Crippen molar-refractivity contribution in [1.29, 1.82) is 0 Å². The number of sulfonamides is 1. The van der Waals surface area contributed by atoms with Crippen LogP contribution in [0.4, 0.5) is 5.69 Å². The SMILES string of the molecule is CCCCNC(=O)C(Cc1ccccc1)N(Cc1ccc(Cl)c(Cl)c1)C(=O)CCCN(c1cccc(C)c1C)S(C)(=O)=O. The summed E-state index contributed by atoms with van der Waals surface area (Å²) in [6.07, 6.45) is 3.56. The normalized spacial score (nSPS) is 12.0. The molecule has 2 amide bonds. The van der Waals surface area contributed by atoms with Crippen LogP contribution in [0.5, 0.6) is 0 Å². The Morgan fingerprint density at radius 3 is 2.28 bits per heavy atom. The second-order valence-corrected chi connectivity index (χ2v) is 13.5. The fraction of sp³-hybridized carbons (Fsp3) is 0.394. The molecule has 0 aromatic heterocycles. The molecule has 0 fully saturated rings. The number of aryl methyl sites for hydroxylation is 1. The van der Waals surface area contributed by atoms with Crippen molar-refractivity contribution in [3.8, 4) is 0 Å². The number of halogens is 2. The van der Waals surface area contributed by atoms with Gasteiger partial charge >= 0.3 is 0 Å². The maximum atomic E-state index is 14.0. The third-order valence-electron chi connectivity index (χ3n) is 7.43. The van der Waals surface area contributed by atoms with Crippen LogP contribution >= 0.6 is 23.2 Å². The molecule has 0 aliphatic heterocycles. The number of benzene rings is 3. The quantitative estimate of drug-likeness (QED) is 0.186. The molecule has 3 aromatic carbocycles. The fourth-order valence-corrected chi connectivity index (χ4v) is 6.22. The highest BCUT2D eigenvalue weighted by Crippen LogP contribution is 2.27. The summed E-state index contributed by atoms with van der Waals surface area (Å²) in [6, 6.07) is 19.5. The Labute approximate surface area is 266 Å². The van der Waals surface area contributed by atoms with E-state index >= 15 is 0 Å². The summed E-state index contributed by atoms with van der Waals surface area (Å²) < 4.78 is 26.9. The Morgan fingerprint density at radius 1 is 0.907 bits per heavy atom. The molecule has 0 aliphatic rings. The van der Waals surface area contributed by atoms with Crippen LogP contribution in [0.1, 0.15) is 54.9 Å². The van der Waals surface area contributed by atoms with Crippen molar-refractivity contribution in [2.75, 3.05) is 23.7 Å². The van der Waals surface area contributed by atoms with Gasteiger partial charge in [0.15, 0.2) is 0 Å². The fourth-order valence-electron chi connectivity index (χ4n) is 4.88. The van der Waals surface area contributed by atoms with Crippen molar-refractivity contribution < 1.29 is 18.0 Å². The van der Waals surface area contributed by atoms with Gasteiger partial charge in [0.25, 0.3) is 0 Å². The minimum Gasteiger partial charge on any atom is -0.354 e. The highest BCUT2D eigenvalue weighted by atomic mass is 35.5. The van der Waals surface area contributed by atoms with E-state index < -0.39 is 16.1 Å². The van der Waals surface area contributed by atoms with Crippen molar-refractivity contribution >= 4 is 50.7 Å². The van der Waals surface area contributed by atoms with Crippen LogP contribution in [0, 0.1) is 13.8 Å². The smallest absolute Gasteiger partial charge is 0.243 e. The van der Waals surface area contributed by atoms with Crippen LogP contribution in [-0.2, 0) is 32.6 Å². The van der Waals surface area contributed by atoms with Crippen molar-refractivity contribution in [2.24, 2.45) is 0 Å². The maximum Gasteiger partial charge on any atom is 0.243 e. The van der Waals surface area contributed by atoms with Gasteiger partial charge in [0, 0.05) is 32.5 Å². The summed E-state index contributed by atoms with van der Waals surface area (Å²) in [6.45, 7) is 6.64. The predicted octanol–water partition coefficient (Wildman–Crippen LogP) is 6.71. The zero-order valence-electron chi connectivity index (χ0n) is 25.3. The predicted molar refractivity (Wildman–Crippen MR) is 176 cm³/mol. The number of unbranched alkanes of at least 4 members (excludes halogenated alkanes) is 1. The zero-order valence-corrected chi connectivity index (χ0v) is 27.6. The van der Waals surface area contributed by atoms with Gasteiger partial charge in [0.1, 0.15) is 6.04 Å². The van der Waals surface area contributed by atoms with Crippen LogP contribution < -0.4 is 9.62 Å². The van der Waals surface area contributed by atoms with Crippen LogP contribution in [0.15, 0.2) is 66.7 Å². The molecular formula is C33H41Cl2N3O4S. The van der Waals surface area contributed by atoms with Crippen LogP contribution in [-0.4, -0.2) is 50.5 Å². The molecule has 1 unspecified atom stereocenters. The van der Waals surface area contributed by atoms with E-state index in [4.69, 9.17) is 23.2 Å². The lowest BCUT2D eigenvalue weighted by Gasteiger charge is -2.32. The summed E-state index contributed by atoms with van der Waals surface area (Å²) >= 11 is 12.4. The van der Waals surface area contributed by atoms with E-state index in [2.05, 4.69) is 5.32 Å². The van der Waals surface area contributed by atoms with Gasteiger partial charge in [-0.25, -0.2) is 8.42 Å². The number of hydrogen-bond donors (Lipinski definition) is 1. The van der Waals surface area contributed by atoms with Crippen LogP contribution in [0.3, 0.4) is 0 Å². The number of nitrogens with zero attached hydrogens (tertiary/aromatic N) is 2. The Morgan fingerprint density at radius 2 is 1.63 bits per heavy atom. The van der Waals surface area contributed by atoms with Crippen molar-refractivity contribution in [3.63, 3.8) is 0 Å². The van der Waals surface area contributed by atoms with E-state index in [0.717, 1.165) is 35.1 Å². The number of nitrogens with one attached hydrogen (secondary N) is 1. The van der Waals surface area contributed by atoms with Gasteiger partial charge in [0.05, 0.1) is 22.0 Å². The molecule has 3 rings (SSSR count). The first-order valence-corrected chi connectivity index (χ1v) is 17.1. The van der Waals surface area contributed by atoms with E-state index in [9.17, 15) is 18.0 Å². The average molecular weight is 647 g/mol. The van der Waals surface area contributed by atoms with Crippen molar-refractivity contribution in [3.05, 3.63) is 99.0 Å².